The summed E-state index contributed by atoms with van der Waals surface area (Å²) in [6, 6.07) is 6.03. The standard InChI is InChI=1S/C10H12ClNO2/c11-6-10(14)9(12)5-7-1-3-8(13)4-2-7/h1-4,9,13H,5-6,12H2/t9-/m1/s1. The van der Waals surface area contributed by atoms with E-state index in [0.29, 0.717) is 6.42 Å². The second-order valence-electron chi connectivity index (χ2n) is 3.08. The summed E-state index contributed by atoms with van der Waals surface area (Å²) in [5.41, 5.74) is 6.51. The molecule has 3 N–H and O–H groups in total. The fraction of sp³-hybridized carbons (Fsp3) is 0.300. The molecule has 1 aromatic rings. The van der Waals surface area contributed by atoms with Crippen LogP contribution in [-0.2, 0) is 11.2 Å². The van der Waals surface area contributed by atoms with Gasteiger partial charge in [0.1, 0.15) is 5.75 Å². The summed E-state index contributed by atoms with van der Waals surface area (Å²) < 4.78 is 0. The van der Waals surface area contributed by atoms with Gasteiger partial charge in [-0.1, -0.05) is 12.1 Å². The molecular weight excluding hydrogens is 202 g/mol. The first-order valence-corrected chi connectivity index (χ1v) is 4.79. The van der Waals surface area contributed by atoms with Crippen molar-refractivity contribution < 1.29 is 9.90 Å². The smallest absolute Gasteiger partial charge is 0.164 e. The maximum absolute atomic E-state index is 11.1. The lowest BCUT2D eigenvalue weighted by molar-refractivity contribution is -0.117. The number of carbonyl (C=O) groups excluding carboxylic acids is 1. The van der Waals surface area contributed by atoms with Gasteiger partial charge in [-0.3, -0.25) is 4.79 Å². The summed E-state index contributed by atoms with van der Waals surface area (Å²) in [6.45, 7) is 0. The third kappa shape index (κ3) is 3.01. The molecule has 0 bridgehead atoms. The molecule has 0 fully saturated rings. The van der Waals surface area contributed by atoms with Crippen LogP contribution in [-0.4, -0.2) is 22.8 Å². The van der Waals surface area contributed by atoms with Gasteiger partial charge in [0, 0.05) is 0 Å². The van der Waals surface area contributed by atoms with Crippen molar-refractivity contribution in [3.63, 3.8) is 0 Å². The molecule has 0 saturated carbocycles. The molecule has 0 unspecified atom stereocenters. The monoisotopic (exact) mass is 213 g/mol. The number of ketones is 1. The third-order valence-corrected chi connectivity index (χ3v) is 2.20. The Morgan fingerprint density at radius 3 is 2.50 bits per heavy atom. The number of rotatable bonds is 4. The second kappa shape index (κ2) is 4.98. The molecule has 1 rings (SSSR count). The van der Waals surface area contributed by atoms with Crippen molar-refractivity contribution in [2.24, 2.45) is 5.73 Å². The predicted octanol–water partition coefficient (Wildman–Crippen LogP) is 1.07. The molecule has 0 amide bonds. The Labute approximate surface area is 87.5 Å². The molecule has 0 aliphatic carbocycles. The van der Waals surface area contributed by atoms with Crippen molar-refractivity contribution in [3.05, 3.63) is 29.8 Å². The fourth-order valence-electron chi connectivity index (χ4n) is 1.10. The van der Waals surface area contributed by atoms with Crippen molar-refractivity contribution >= 4 is 17.4 Å². The Bertz CT molecular complexity index is 310. The van der Waals surface area contributed by atoms with Crippen LogP contribution in [0.3, 0.4) is 0 Å². The number of hydrogen-bond donors (Lipinski definition) is 2. The van der Waals surface area contributed by atoms with Crippen LogP contribution in [0.15, 0.2) is 24.3 Å². The van der Waals surface area contributed by atoms with Crippen LogP contribution in [0.2, 0.25) is 0 Å². The van der Waals surface area contributed by atoms with Gasteiger partial charge in [-0.05, 0) is 24.1 Å². The highest BCUT2D eigenvalue weighted by atomic mass is 35.5. The molecule has 0 aliphatic rings. The number of aromatic hydroxyl groups is 1. The van der Waals surface area contributed by atoms with E-state index in [9.17, 15) is 4.79 Å². The van der Waals surface area contributed by atoms with Gasteiger partial charge < -0.3 is 10.8 Å². The van der Waals surface area contributed by atoms with Gasteiger partial charge >= 0.3 is 0 Å². The molecule has 0 radical (unpaired) electrons. The molecule has 1 atom stereocenters. The van der Waals surface area contributed by atoms with E-state index in [1.165, 1.54) is 0 Å². The largest absolute Gasteiger partial charge is 0.508 e. The van der Waals surface area contributed by atoms with Crippen molar-refractivity contribution in [3.8, 4) is 5.75 Å². The second-order valence-corrected chi connectivity index (χ2v) is 3.34. The van der Waals surface area contributed by atoms with Crippen LogP contribution in [0.5, 0.6) is 5.75 Å². The van der Waals surface area contributed by atoms with Crippen LogP contribution >= 0.6 is 11.6 Å². The Hall–Kier alpha value is -1.06. The van der Waals surface area contributed by atoms with Gasteiger partial charge in [0.15, 0.2) is 5.78 Å². The van der Waals surface area contributed by atoms with E-state index < -0.39 is 6.04 Å². The summed E-state index contributed by atoms with van der Waals surface area (Å²) in [5, 5.41) is 9.03. The summed E-state index contributed by atoms with van der Waals surface area (Å²) in [4.78, 5) is 11.1. The van der Waals surface area contributed by atoms with Crippen LogP contribution in [0.25, 0.3) is 0 Å². The molecule has 0 spiro atoms. The van der Waals surface area contributed by atoms with E-state index in [2.05, 4.69) is 0 Å². The summed E-state index contributed by atoms with van der Waals surface area (Å²) in [6.07, 6.45) is 0.450. The van der Waals surface area contributed by atoms with Gasteiger partial charge in [-0.2, -0.15) is 0 Å². The number of benzene rings is 1. The molecule has 1 aromatic carbocycles. The summed E-state index contributed by atoms with van der Waals surface area (Å²) in [7, 11) is 0. The Morgan fingerprint density at radius 2 is 2.00 bits per heavy atom. The SMILES string of the molecule is N[C@H](Cc1ccc(O)cc1)C(=O)CCl. The molecule has 14 heavy (non-hydrogen) atoms. The highest BCUT2D eigenvalue weighted by Crippen LogP contribution is 2.11. The van der Waals surface area contributed by atoms with Crippen LogP contribution in [0.1, 0.15) is 5.56 Å². The first-order chi connectivity index (χ1) is 6.63. The number of phenols is 1. The zero-order valence-corrected chi connectivity index (χ0v) is 8.37. The number of hydrogen-bond acceptors (Lipinski definition) is 3. The highest BCUT2D eigenvalue weighted by molar-refractivity contribution is 6.28. The lowest BCUT2D eigenvalue weighted by atomic mass is 10.0. The minimum absolute atomic E-state index is 0.0563. The van der Waals surface area contributed by atoms with E-state index in [4.69, 9.17) is 22.4 Å². The lowest BCUT2D eigenvalue weighted by Crippen LogP contribution is -2.33. The van der Waals surface area contributed by atoms with Crippen molar-refractivity contribution in [2.75, 3.05) is 5.88 Å². The Balaban J connectivity index is 2.60. The van der Waals surface area contributed by atoms with Crippen molar-refractivity contribution in [2.45, 2.75) is 12.5 Å². The molecule has 0 aliphatic heterocycles. The minimum Gasteiger partial charge on any atom is -0.508 e. The molecule has 0 saturated heterocycles. The van der Waals surface area contributed by atoms with Crippen LogP contribution in [0.4, 0.5) is 0 Å². The van der Waals surface area contributed by atoms with Gasteiger partial charge in [-0.15, -0.1) is 11.6 Å². The molecular formula is C10H12ClNO2. The van der Waals surface area contributed by atoms with Gasteiger partial charge in [0.25, 0.3) is 0 Å². The predicted molar refractivity (Wildman–Crippen MR) is 55.5 cm³/mol. The summed E-state index contributed by atoms with van der Waals surface area (Å²) in [5.74, 6) is -0.0232. The number of carbonyl (C=O) groups is 1. The van der Waals surface area contributed by atoms with Crippen LogP contribution in [0, 0.1) is 0 Å². The maximum atomic E-state index is 11.1. The third-order valence-electron chi connectivity index (χ3n) is 1.94. The van der Waals surface area contributed by atoms with E-state index in [1.807, 2.05) is 0 Å². The van der Waals surface area contributed by atoms with Crippen LogP contribution < -0.4 is 5.73 Å². The van der Waals surface area contributed by atoms with Gasteiger partial charge in [-0.25, -0.2) is 0 Å². The number of phenolic OH excluding ortho intramolecular Hbond substituents is 1. The van der Waals surface area contributed by atoms with E-state index in [0.717, 1.165) is 5.56 Å². The van der Waals surface area contributed by atoms with E-state index in [-0.39, 0.29) is 17.4 Å². The normalized spacial score (nSPS) is 12.4. The fourth-order valence-corrected chi connectivity index (χ4v) is 1.30. The number of halogens is 1. The molecule has 0 aromatic heterocycles. The summed E-state index contributed by atoms with van der Waals surface area (Å²) >= 11 is 5.37. The molecule has 76 valence electrons. The minimum atomic E-state index is -0.558. The quantitative estimate of drug-likeness (QED) is 0.736. The van der Waals surface area contributed by atoms with Gasteiger partial charge in [0.05, 0.1) is 11.9 Å². The van der Waals surface area contributed by atoms with E-state index >= 15 is 0 Å². The number of nitrogens with two attached hydrogens (primary N) is 1. The first-order valence-electron chi connectivity index (χ1n) is 4.25. The topological polar surface area (TPSA) is 63.3 Å². The number of Topliss-reactive ketones (excluding diaryl/α,β-unsaturated/α-hetero) is 1. The Kier molecular flexibility index (Phi) is 3.92. The van der Waals surface area contributed by atoms with Gasteiger partial charge in [0.2, 0.25) is 0 Å². The van der Waals surface area contributed by atoms with E-state index in [1.54, 1.807) is 24.3 Å². The first kappa shape index (κ1) is 11.0. The van der Waals surface area contributed by atoms with Crippen molar-refractivity contribution in [1.29, 1.82) is 0 Å². The highest BCUT2D eigenvalue weighted by Gasteiger charge is 2.12. The molecule has 3 nitrogen and oxygen atoms in total. The average molecular weight is 214 g/mol. The Morgan fingerprint density at radius 1 is 1.43 bits per heavy atom. The maximum Gasteiger partial charge on any atom is 0.164 e. The zero-order valence-electron chi connectivity index (χ0n) is 7.61. The number of alkyl halides is 1. The zero-order chi connectivity index (χ0) is 10.6. The molecule has 0 heterocycles. The van der Waals surface area contributed by atoms with Crippen molar-refractivity contribution in [1.82, 2.24) is 0 Å². The average Bonchev–Trinajstić information content (AvgIpc) is 2.20. The molecule has 4 heteroatoms. The lowest BCUT2D eigenvalue weighted by Gasteiger charge is -2.08.